The lowest BCUT2D eigenvalue weighted by molar-refractivity contribution is -0.156. The van der Waals surface area contributed by atoms with E-state index in [1.807, 2.05) is 12.1 Å². The van der Waals surface area contributed by atoms with Crippen LogP contribution in [0.3, 0.4) is 0 Å². The SMILES string of the molecule is C=NC(=NC1(c2ccc(Cl)cc2)CC1)/N=C(\Nc1ccc(C(=O)O)cc1)OCC(F)(F)F.CN. The second-order valence-electron chi connectivity index (χ2n) is 6.94. The first-order valence-corrected chi connectivity index (χ1v) is 10.3. The highest BCUT2D eigenvalue weighted by Crippen LogP contribution is 2.49. The molecule has 0 spiro atoms. The van der Waals surface area contributed by atoms with Crippen LogP contribution in [0.15, 0.2) is 63.5 Å². The molecule has 2 aromatic rings. The predicted molar refractivity (Wildman–Crippen MR) is 126 cm³/mol. The van der Waals surface area contributed by atoms with Crippen LogP contribution in [0.5, 0.6) is 0 Å². The molecule has 0 saturated heterocycles. The van der Waals surface area contributed by atoms with Gasteiger partial charge in [0.2, 0.25) is 5.96 Å². The fourth-order valence-corrected chi connectivity index (χ4v) is 2.91. The van der Waals surface area contributed by atoms with E-state index in [4.69, 9.17) is 21.4 Å². The summed E-state index contributed by atoms with van der Waals surface area (Å²) in [6.45, 7) is 1.80. The summed E-state index contributed by atoms with van der Waals surface area (Å²) in [5.74, 6) is -1.30. The molecule has 1 saturated carbocycles. The van der Waals surface area contributed by atoms with Crippen LogP contribution in [0.25, 0.3) is 0 Å². The van der Waals surface area contributed by atoms with Crippen molar-refractivity contribution in [2.75, 3.05) is 19.0 Å². The number of halogens is 4. The standard InChI is InChI=1S/C21H18ClF3N4O3.CH5N/c1-26-18(29-20(10-11-20)14-4-6-15(22)7-5-14)28-19(32-12-21(23,24)25)27-16-8-2-13(3-9-16)17(30)31;1-2/h2-9H,1,10-12H2,(H,30,31)(H,27,28,29);2H2,1H3. The highest BCUT2D eigenvalue weighted by Gasteiger charge is 2.45. The third-order valence-electron chi connectivity index (χ3n) is 4.52. The number of hydrogen-bond donors (Lipinski definition) is 3. The Morgan fingerprint density at radius 1 is 1.18 bits per heavy atom. The van der Waals surface area contributed by atoms with Gasteiger partial charge in [-0.25, -0.2) is 14.8 Å². The Kier molecular flexibility index (Phi) is 9.16. The van der Waals surface area contributed by atoms with Crippen molar-refractivity contribution >= 4 is 42.0 Å². The normalized spacial score (nSPS) is 15.0. The van der Waals surface area contributed by atoms with E-state index < -0.39 is 30.3 Å². The predicted octanol–water partition coefficient (Wildman–Crippen LogP) is 4.71. The van der Waals surface area contributed by atoms with Gasteiger partial charge in [0.1, 0.15) is 0 Å². The second kappa shape index (κ2) is 11.6. The molecule has 1 aliphatic rings. The van der Waals surface area contributed by atoms with Gasteiger partial charge in [-0.1, -0.05) is 23.7 Å². The first-order chi connectivity index (χ1) is 16.1. The number of alkyl halides is 3. The molecule has 3 rings (SSSR count). The van der Waals surface area contributed by atoms with Crippen molar-refractivity contribution in [3.63, 3.8) is 0 Å². The maximum Gasteiger partial charge on any atom is 0.422 e. The quantitative estimate of drug-likeness (QED) is 0.408. The molecular weight excluding hydrogens is 475 g/mol. The molecule has 0 atom stereocenters. The summed E-state index contributed by atoms with van der Waals surface area (Å²) >= 11 is 5.92. The number of carboxylic acid groups (broad SMARTS) is 1. The number of anilines is 1. The van der Waals surface area contributed by atoms with Gasteiger partial charge in [0.25, 0.3) is 6.02 Å². The van der Waals surface area contributed by atoms with E-state index in [2.05, 4.69) is 32.7 Å². The number of hydrogen-bond acceptors (Lipinski definition) is 4. The van der Waals surface area contributed by atoms with E-state index in [0.717, 1.165) is 5.56 Å². The van der Waals surface area contributed by atoms with E-state index in [-0.39, 0.29) is 17.2 Å². The molecule has 0 aromatic heterocycles. The summed E-state index contributed by atoms with van der Waals surface area (Å²) in [6.07, 6.45) is -3.20. The molecule has 12 heteroatoms. The Balaban J connectivity index is 0.00000199. The molecule has 2 aromatic carbocycles. The van der Waals surface area contributed by atoms with Crippen LogP contribution in [-0.4, -0.2) is 49.6 Å². The lowest BCUT2D eigenvalue weighted by atomic mass is 10.1. The minimum atomic E-state index is -4.60. The van der Waals surface area contributed by atoms with Crippen LogP contribution in [0.4, 0.5) is 18.9 Å². The van der Waals surface area contributed by atoms with Crippen molar-refractivity contribution in [3.05, 3.63) is 64.7 Å². The number of nitrogens with zero attached hydrogens (tertiary/aromatic N) is 3. The molecule has 1 aliphatic carbocycles. The smallest absolute Gasteiger partial charge is 0.422 e. The number of carbonyl (C=O) groups is 1. The third-order valence-corrected chi connectivity index (χ3v) is 4.77. The van der Waals surface area contributed by atoms with Crippen LogP contribution in [0, 0.1) is 0 Å². The second-order valence-corrected chi connectivity index (χ2v) is 7.37. The largest absolute Gasteiger partial charge is 0.478 e. The number of carboxylic acids is 1. The molecule has 0 amide bonds. The zero-order chi connectivity index (χ0) is 25.4. The molecular formula is C22H23ClF3N5O3. The van der Waals surface area contributed by atoms with Crippen LogP contribution < -0.4 is 11.1 Å². The summed E-state index contributed by atoms with van der Waals surface area (Å²) in [6, 6.07) is 11.9. The number of nitrogens with one attached hydrogen (secondary N) is 1. The Hall–Kier alpha value is -3.44. The number of aromatic carboxylic acids is 1. The summed E-state index contributed by atoms with van der Waals surface area (Å²) in [5, 5.41) is 12.1. The van der Waals surface area contributed by atoms with Gasteiger partial charge in [-0.05, 0) is 68.6 Å². The molecule has 4 N–H and O–H groups in total. The molecule has 34 heavy (non-hydrogen) atoms. The Bertz CT molecular complexity index is 1050. The van der Waals surface area contributed by atoms with Crippen LogP contribution >= 0.6 is 11.6 Å². The van der Waals surface area contributed by atoms with E-state index in [1.165, 1.54) is 31.3 Å². The first-order valence-electron chi connectivity index (χ1n) is 9.89. The maximum atomic E-state index is 12.7. The lowest BCUT2D eigenvalue weighted by Gasteiger charge is -2.14. The fourth-order valence-electron chi connectivity index (χ4n) is 2.79. The fraction of sp³-hybridized carbons (Fsp3) is 0.273. The molecule has 8 nitrogen and oxygen atoms in total. The van der Waals surface area contributed by atoms with E-state index in [9.17, 15) is 18.0 Å². The highest BCUT2D eigenvalue weighted by atomic mass is 35.5. The molecule has 0 unspecified atom stereocenters. The van der Waals surface area contributed by atoms with Gasteiger partial charge in [0.05, 0.1) is 11.1 Å². The summed E-state index contributed by atoms with van der Waals surface area (Å²) in [5.41, 5.74) is 5.04. The minimum absolute atomic E-state index is 0.0129. The van der Waals surface area contributed by atoms with Gasteiger partial charge in [-0.3, -0.25) is 0 Å². The van der Waals surface area contributed by atoms with Crippen LogP contribution in [0.1, 0.15) is 28.8 Å². The molecule has 0 radical (unpaired) electrons. The monoisotopic (exact) mass is 497 g/mol. The molecule has 0 bridgehead atoms. The zero-order valence-corrected chi connectivity index (χ0v) is 18.9. The Labute approximate surface area is 199 Å². The first kappa shape index (κ1) is 26.8. The van der Waals surface area contributed by atoms with Crippen molar-refractivity contribution in [2.24, 2.45) is 20.7 Å². The van der Waals surface area contributed by atoms with Gasteiger partial charge >= 0.3 is 12.1 Å². The maximum absolute atomic E-state index is 12.7. The average Bonchev–Trinajstić information content (AvgIpc) is 3.59. The summed E-state index contributed by atoms with van der Waals surface area (Å²) < 4.78 is 42.9. The molecule has 0 aliphatic heterocycles. The Morgan fingerprint density at radius 3 is 2.24 bits per heavy atom. The van der Waals surface area contributed by atoms with Gasteiger partial charge in [0, 0.05) is 10.7 Å². The van der Waals surface area contributed by atoms with Gasteiger partial charge in [-0.15, -0.1) is 0 Å². The zero-order valence-electron chi connectivity index (χ0n) is 18.1. The minimum Gasteiger partial charge on any atom is -0.478 e. The molecule has 0 heterocycles. The average molecular weight is 498 g/mol. The highest BCUT2D eigenvalue weighted by molar-refractivity contribution is 6.30. The molecule has 182 valence electrons. The summed E-state index contributed by atoms with van der Waals surface area (Å²) in [4.78, 5) is 23.2. The van der Waals surface area contributed by atoms with Gasteiger partial charge < -0.3 is 20.9 Å². The number of ether oxygens (including phenoxy) is 1. The number of guanidine groups is 1. The molecule has 1 fully saturated rings. The van der Waals surface area contributed by atoms with Crippen LogP contribution in [-0.2, 0) is 10.3 Å². The van der Waals surface area contributed by atoms with Gasteiger partial charge in [-0.2, -0.15) is 18.2 Å². The van der Waals surface area contributed by atoms with Crippen molar-refractivity contribution in [1.82, 2.24) is 0 Å². The van der Waals surface area contributed by atoms with Crippen LogP contribution in [0.2, 0.25) is 5.02 Å². The van der Waals surface area contributed by atoms with Crippen molar-refractivity contribution in [2.45, 2.75) is 24.6 Å². The number of benzene rings is 2. The number of aliphatic imine (C=N–C) groups is 3. The van der Waals surface area contributed by atoms with E-state index >= 15 is 0 Å². The van der Waals surface area contributed by atoms with Crippen molar-refractivity contribution < 1.29 is 27.8 Å². The van der Waals surface area contributed by atoms with E-state index in [0.29, 0.717) is 17.9 Å². The van der Waals surface area contributed by atoms with Crippen molar-refractivity contribution in [1.29, 1.82) is 0 Å². The Morgan fingerprint density at radius 2 is 1.76 bits per heavy atom. The van der Waals surface area contributed by atoms with E-state index in [1.54, 1.807) is 12.1 Å². The lowest BCUT2D eigenvalue weighted by Crippen LogP contribution is -2.25. The summed E-state index contributed by atoms with van der Waals surface area (Å²) in [7, 11) is 1.50. The van der Waals surface area contributed by atoms with Crippen molar-refractivity contribution in [3.8, 4) is 0 Å². The number of amidine groups is 1. The third kappa shape index (κ3) is 7.85. The van der Waals surface area contributed by atoms with Gasteiger partial charge in [0.15, 0.2) is 6.61 Å². The number of rotatable bonds is 5. The topological polar surface area (TPSA) is 122 Å². The number of nitrogens with two attached hydrogens (primary N) is 1.